The minimum atomic E-state index is 0.775. The lowest BCUT2D eigenvalue weighted by Crippen LogP contribution is -2.15. The molecular formula is C15H21N3O. The molecule has 0 amide bonds. The van der Waals surface area contributed by atoms with E-state index >= 15 is 0 Å². The third-order valence-electron chi connectivity index (χ3n) is 2.93. The lowest BCUT2D eigenvalue weighted by Gasteiger charge is -2.07. The highest BCUT2D eigenvalue weighted by molar-refractivity contribution is 5.27. The van der Waals surface area contributed by atoms with Crippen molar-refractivity contribution < 1.29 is 4.74 Å². The summed E-state index contributed by atoms with van der Waals surface area (Å²) >= 11 is 0. The zero-order valence-corrected chi connectivity index (χ0v) is 11.6. The van der Waals surface area contributed by atoms with Crippen LogP contribution in [0.4, 0.5) is 0 Å². The van der Waals surface area contributed by atoms with Gasteiger partial charge in [-0.15, -0.1) is 0 Å². The average molecular weight is 259 g/mol. The summed E-state index contributed by atoms with van der Waals surface area (Å²) in [5, 5.41) is 3.38. The number of nitrogens with one attached hydrogen (secondary N) is 1. The van der Waals surface area contributed by atoms with Crippen LogP contribution in [0.5, 0.6) is 5.75 Å². The van der Waals surface area contributed by atoms with Gasteiger partial charge in [-0.3, -0.25) is 0 Å². The molecule has 0 saturated carbocycles. The fourth-order valence-corrected chi connectivity index (χ4v) is 1.81. The van der Waals surface area contributed by atoms with E-state index in [0.29, 0.717) is 0 Å². The van der Waals surface area contributed by atoms with Crippen LogP contribution in [0.25, 0.3) is 0 Å². The van der Waals surface area contributed by atoms with Crippen LogP contribution in [0.3, 0.4) is 0 Å². The van der Waals surface area contributed by atoms with Crippen LogP contribution in [-0.4, -0.2) is 16.2 Å². The van der Waals surface area contributed by atoms with E-state index in [2.05, 4.69) is 29.4 Å². The summed E-state index contributed by atoms with van der Waals surface area (Å²) in [6.45, 7) is 4.49. The lowest BCUT2D eigenvalue weighted by molar-refractivity contribution is 0.317. The van der Waals surface area contributed by atoms with Crippen LogP contribution >= 0.6 is 0 Å². The second kappa shape index (κ2) is 6.95. The third kappa shape index (κ3) is 4.10. The summed E-state index contributed by atoms with van der Waals surface area (Å²) in [5.41, 5.74) is 1.25. The zero-order chi connectivity index (χ0) is 13.5. The molecular weight excluding hydrogens is 238 g/mol. The Morgan fingerprint density at radius 1 is 1.21 bits per heavy atom. The van der Waals surface area contributed by atoms with Crippen molar-refractivity contribution in [1.82, 2.24) is 14.9 Å². The van der Waals surface area contributed by atoms with Crippen LogP contribution in [0, 0.1) is 0 Å². The van der Waals surface area contributed by atoms with Gasteiger partial charge in [0.25, 0.3) is 0 Å². The molecule has 0 spiro atoms. The van der Waals surface area contributed by atoms with Crippen molar-refractivity contribution in [1.29, 1.82) is 0 Å². The molecule has 0 aliphatic rings. The summed E-state index contributed by atoms with van der Waals surface area (Å²) in [6.07, 6.45) is 4.81. The van der Waals surface area contributed by atoms with Crippen LogP contribution in [0.15, 0.2) is 36.7 Å². The highest BCUT2D eigenvalue weighted by Gasteiger charge is 1.99. The van der Waals surface area contributed by atoms with Crippen molar-refractivity contribution in [2.45, 2.75) is 26.4 Å². The van der Waals surface area contributed by atoms with Gasteiger partial charge in [0.1, 0.15) is 11.6 Å². The number of ether oxygens (including phenoxy) is 1. The van der Waals surface area contributed by atoms with Crippen LogP contribution in [0.2, 0.25) is 0 Å². The molecule has 1 aromatic heterocycles. The number of nitrogens with zero attached hydrogens (tertiary/aromatic N) is 2. The maximum Gasteiger partial charge on any atom is 0.122 e. The number of aromatic nitrogens is 2. The Kier molecular flexibility index (Phi) is 4.98. The Bertz CT molecular complexity index is 490. The van der Waals surface area contributed by atoms with E-state index in [1.165, 1.54) is 5.56 Å². The molecule has 2 rings (SSSR count). The molecule has 19 heavy (non-hydrogen) atoms. The Hall–Kier alpha value is -1.81. The molecule has 4 nitrogen and oxygen atoms in total. The molecule has 4 heteroatoms. The molecule has 0 unspecified atom stereocenters. The highest BCUT2D eigenvalue weighted by atomic mass is 16.5. The van der Waals surface area contributed by atoms with Crippen molar-refractivity contribution in [2.24, 2.45) is 7.05 Å². The van der Waals surface area contributed by atoms with Gasteiger partial charge in [-0.05, 0) is 24.1 Å². The second-order valence-corrected chi connectivity index (χ2v) is 4.55. The van der Waals surface area contributed by atoms with Crippen molar-refractivity contribution in [2.75, 3.05) is 6.61 Å². The maximum atomic E-state index is 5.56. The Labute approximate surface area is 114 Å². The molecule has 0 fully saturated rings. The first-order valence-electron chi connectivity index (χ1n) is 6.68. The van der Waals surface area contributed by atoms with Crippen LogP contribution in [0.1, 0.15) is 24.7 Å². The summed E-state index contributed by atoms with van der Waals surface area (Å²) in [5.74, 6) is 1.98. The van der Waals surface area contributed by atoms with Crippen molar-refractivity contribution >= 4 is 0 Å². The van der Waals surface area contributed by atoms with E-state index in [-0.39, 0.29) is 0 Å². The average Bonchev–Trinajstić information content (AvgIpc) is 2.84. The van der Waals surface area contributed by atoms with Crippen LogP contribution < -0.4 is 10.1 Å². The standard InChI is InChI=1S/C15H21N3O/c1-3-10-19-14-6-4-13(5-7-14)11-16-12-15-17-8-9-18(15)2/h4-9,16H,3,10-12H2,1-2H3. The van der Waals surface area contributed by atoms with Gasteiger partial charge >= 0.3 is 0 Å². The minimum absolute atomic E-state index is 0.775. The smallest absolute Gasteiger partial charge is 0.122 e. The first-order chi connectivity index (χ1) is 9.29. The molecule has 2 aromatic rings. The van der Waals surface area contributed by atoms with E-state index in [1.54, 1.807) is 0 Å². The summed E-state index contributed by atoms with van der Waals surface area (Å²) < 4.78 is 7.58. The van der Waals surface area contributed by atoms with E-state index in [1.807, 2.05) is 36.1 Å². The van der Waals surface area contributed by atoms with Gasteiger partial charge in [-0.1, -0.05) is 19.1 Å². The van der Waals surface area contributed by atoms with Gasteiger partial charge in [-0.2, -0.15) is 0 Å². The monoisotopic (exact) mass is 259 g/mol. The summed E-state index contributed by atoms with van der Waals surface area (Å²) in [7, 11) is 2.00. The first kappa shape index (κ1) is 13.6. The van der Waals surface area contributed by atoms with Crippen LogP contribution in [-0.2, 0) is 20.1 Å². The predicted octanol–water partition coefficient (Wildman–Crippen LogP) is 2.50. The van der Waals surface area contributed by atoms with E-state index in [9.17, 15) is 0 Å². The van der Waals surface area contributed by atoms with E-state index in [4.69, 9.17) is 4.74 Å². The fourth-order valence-electron chi connectivity index (χ4n) is 1.81. The Morgan fingerprint density at radius 3 is 2.63 bits per heavy atom. The van der Waals surface area contributed by atoms with Gasteiger partial charge in [0.2, 0.25) is 0 Å². The molecule has 0 bridgehead atoms. The zero-order valence-electron chi connectivity index (χ0n) is 11.6. The molecule has 1 aromatic carbocycles. The number of benzene rings is 1. The number of hydrogen-bond acceptors (Lipinski definition) is 3. The molecule has 0 saturated heterocycles. The van der Waals surface area contributed by atoms with E-state index in [0.717, 1.165) is 37.7 Å². The molecule has 0 atom stereocenters. The van der Waals surface area contributed by atoms with Crippen molar-refractivity contribution in [3.8, 4) is 5.75 Å². The van der Waals surface area contributed by atoms with E-state index < -0.39 is 0 Å². The maximum absolute atomic E-state index is 5.56. The predicted molar refractivity (Wildman–Crippen MR) is 76.0 cm³/mol. The molecule has 102 valence electrons. The molecule has 0 radical (unpaired) electrons. The Balaban J connectivity index is 1.78. The third-order valence-corrected chi connectivity index (χ3v) is 2.93. The van der Waals surface area contributed by atoms with Gasteiger partial charge in [-0.25, -0.2) is 4.98 Å². The number of imidazole rings is 1. The number of hydrogen-bond donors (Lipinski definition) is 1. The largest absolute Gasteiger partial charge is 0.494 e. The van der Waals surface area contributed by atoms with Gasteiger partial charge in [0.15, 0.2) is 0 Å². The SMILES string of the molecule is CCCOc1ccc(CNCc2nccn2C)cc1. The van der Waals surface area contributed by atoms with Gasteiger partial charge in [0.05, 0.1) is 13.2 Å². The number of rotatable bonds is 7. The normalized spacial score (nSPS) is 10.6. The molecule has 1 N–H and O–H groups in total. The van der Waals surface area contributed by atoms with Crippen molar-refractivity contribution in [3.05, 3.63) is 48.0 Å². The van der Waals surface area contributed by atoms with Gasteiger partial charge in [0, 0.05) is 26.0 Å². The van der Waals surface area contributed by atoms with Gasteiger partial charge < -0.3 is 14.6 Å². The summed E-state index contributed by atoms with van der Waals surface area (Å²) in [6, 6.07) is 8.23. The minimum Gasteiger partial charge on any atom is -0.494 e. The quantitative estimate of drug-likeness (QED) is 0.830. The first-order valence-corrected chi connectivity index (χ1v) is 6.68. The summed E-state index contributed by atoms with van der Waals surface area (Å²) in [4.78, 5) is 4.28. The van der Waals surface area contributed by atoms with Crippen molar-refractivity contribution in [3.63, 3.8) is 0 Å². The molecule has 0 aliphatic heterocycles. The molecule has 1 heterocycles. The highest BCUT2D eigenvalue weighted by Crippen LogP contribution is 2.12. The second-order valence-electron chi connectivity index (χ2n) is 4.55. The Morgan fingerprint density at radius 2 is 2.00 bits per heavy atom. The lowest BCUT2D eigenvalue weighted by atomic mass is 10.2. The fraction of sp³-hybridized carbons (Fsp3) is 0.400. The topological polar surface area (TPSA) is 39.1 Å². The number of aryl methyl sites for hydroxylation is 1. The molecule has 0 aliphatic carbocycles.